The van der Waals surface area contributed by atoms with Crippen molar-refractivity contribution >= 4 is 11.8 Å². The molecule has 0 saturated carbocycles. The first-order chi connectivity index (χ1) is 9.58. The highest BCUT2D eigenvalue weighted by atomic mass is 16.4. The molecule has 20 heavy (non-hydrogen) atoms. The van der Waals surface area contributed by atoms with Crippen LogP contribution >= 0.6 is 0 Å². The number of carbonyl (C=O) groups is 2. The molecule has 0 fully saturated rings. The molecule has 0 amide bonds. The third-order valence-corrected chi connectivity index (χ3v) is 3.14. The molecule has 1 heterocycles. The maximum Gasteiger partial charge on any atom is 0.304 e. The van der Waals surface area contributed by atoms with Crippen molar-refractivity contribution in [3.05, 3.63) is 65.5 Å². The molecule has 2 aromatic rings. The van der Waals surface area contributed by atoms with Gasteiger partial charge in [-0.05, 0) is 24.6 Å². The van der Waals surface area contributed by atoms with Crippen molar-refractivity contribution in [1.29, 1.82) is 0 Å². The molecule has 0 radical (unpaired) electrons. The van der Waals surface area contributed by atoms with Gasteiger partial charge in [-0.3, -0.25) is 14.6 Å². The Kier molecular flexibility index (Phi) is 4.25. The van der Waals surface area contributed by atoms with E-state index in [-0.39, 0.29) is 12.2 Å². The third-order valence-electron chi connectivity index (χ3n) is 3.14. The Morgan fingerprint density at radius 1 is 1.10 bits per heavy atom. The monoisotopic (exact) mass is 269 g/mol. The maximum atomic E-state index is 12.5. The van der Waals surface area contributed by atoms with Crippen molar-refractivity contribution in [3.8, 4) is 0 Å². The zero-order valence-corrected chi connectivity index (χ0v) is 11.1. The largest absolute Gasteiger partial charge is 0.481 e. The lowest BCUT2D eigenvalue weighted by Crippen LogP contribution is -2.17. The molecule has 1 N–H and O–H groups in total. The molecule has 0 aliphatic carbocycles. The number of carboxylic acids is 1. The summed E-state index contributed by atoms with van der Waals surface area (Å²) in [4.78, 5) is 27.4. The molecule has 0 saturated heterocycles. The van der Waals surface area contributed by atoms with E-state index in [1.165, 1.54) is 12.4 Å². The Morgan fingerprint density at radius 2 is 1.70 bits per heavy atom. The minimum atomic E-state index is -0.988. The van der Waals surface area contributed by atoms with Crippen molar-refractivity contribution in [1.82, 2.24) is 4.98 Å². The number of rotatable bonds is 5. The second-order valence-corrected chi connectivity index (χ2v) is 4.66. The van der Waals surface area contributed by atoms with E-state index >= 15 is 0 Å². The first-order valence-corrected chi connectivity index (χ1v) is 6.30. The van der Waals surface area contributed by atoms with E-state index in [1.807, 2.05) is 31.2 Å². The summed E-state index contributed by atoms with van der Waals surface area (Å²) < 4.78 is 0. The predicted molar refractivity (Wildman–Crippen MR) is 74.7 cm³/mol. The fourth-order valence-corrected chi connectivity index (χ4v) is 2.05. The number of aliphatic carboxylic acids is 1. The number of hydrogen-bond donors (Lipinski definition) is 1. The number of aryl methyl sites for hydroxylation is 1. The fraction of sp³-hybridized carbons (Fsp3) is 0.188. The molecule has 0 aliphatic rings. The van der Waals surface area contributed by atoms with E-state index in [0.717, 1.165) is 11.1 Å². The molecule has 1 atom stereocenters. The number of pyridine rings is 1. The van der Waals surface area contributed by atoms with Gasteiger partial charge in [0.15, 0.2) is 5.78 Å². The van der Waals surface area contributed by atoms with Crippen LogP contribution in [0, 0.1) is 6.92 Å². The summed E-state index contributed by atoms with van der Waals surface area (Å²) in [5, 5.41) is 9.03. The summed E-state index contributed by atoms with van der Waals surface area (Å²) in [7, 11) is 0. The van der Waals surface area contributed by atoms with E-state index in [9.17, 15) is 9.59 Å². The SMILES string of the molecule is Cc1ccc(C(CC(=O)O)C(=O)c2ccncc2)cc1. The molecule has 2 rings (SSSR count). The molecule has 1 aromatic heterocycles. The lowest BCUT2D eigenvalue weighted by molar-refractivity contribution is -0.137. The first-order valence-electron chi connectivity index (χ1n) is 6.30. The van der Waals surface area contributed by atoms with Gasteiger partial charge in [-0.25, -0.2) is 0 Å². The third kappa shape index (κ3) is 3.29. The number of hydrogen-bond acceptors (Lipinski definition) is 3. The lowest BCUT2D eigenvalue weighted by Gasteiger charge is -2.14. The van der Waals surface area contributed by atoms with Crippen LogP contribution in [-0.4, -0.2) is 21.8 Å². The van der Waals surface area contributed by atoms with Crippen molar-refractivity contribution in [2.45, 2.75) is 19.3 Å². The van der Waals surface area contributed by atoms with Crippen molar-refractivity contribution in [3.63, 3.8) is 0 Å². The van der Waals surface area contributed by atoms with Gasteiger partial charge in [-0.2, -0.15) is 0 Å². The van der Waals surface area contributed by atoms with Crippen molar-refractivity contribution < 1.29 is 14.7 Å². The number of carboxylic acid groups (broad SMARTS) is 1. The highest BCUT2D eigenvalue weighted by Crippen LogP contribution is 2.24. The van der Waals surface area contributed by atoms with E-state index in [0.29, 0.717) is 5.56 Å². The number of aromatic nitrogens is 1. The average molecular weight is 269 g/mol. The van der Waals surface area contributed by atoms with Gasteiger partial charge in [-0.1, -0.05) is 29.8 Å². The van der Waals surface area contributed by atoms with Gasteiger partial charge >= 0.3 is 5.97 Å². The molecular formula is C16H15NO3. The Hall–Kier alpha value is -2.49. The van der Waals surface area contributed by atoms with Gasteiger partial charge in [0.05, 0.1) is 12.3 Å². The number of Topliss-reactive ketones (excluding diaryl/α,β-unsaturated/α-hetero) is 1. The van der Waals surface area contributed by atoms with Crippen LogP contribution in [0.25, 0.3) is 0 Å². The number of carbonyl (C=O) groups excluding carboxylic acids is 1. The molecule has 0 aliphatic heterocycles. The van der Waals surface area contributed by atoms with Crippen LogP contribution in [0.1, 0.15) is 33.8 Å². The van der Waals surface area contributed by atoms with Gasteiger partial charge < -0.3 is 5.11 Å². The first kappa shape index (κ1) is 13.9. The zero-order valence-electron chi connectivity index (χ0n) is 11.1. The van der Waals surface area contributed by atoms with Gasteiger partial charge in [0.2, 0.25) is 0 Å². The molecule has 0 spiro atoms. The second-order valence-electron chi connectivity index (χ2n) is 4.66. The van der Waals surface area contributed by atoms with Crippen LogP contribution in [-0.2, 0) is 4.79 Å². The topological polar surface area (TPSA) is 67.3 Å². The molecule has 0 bridgehead atoms. The van der Waals surface area contributed by atoms with Crippen LogP contribution in [0.5, 0.6) is 0 Å². The summed E-state index contributed by atoms with van der Waals surface area (Å²) in [6.07, 6.45) is 2.84. The van der Waals surface area contributed by atoms with Crippen LogP contribution < -0.4 is 0 Å². The van der Waals surface area contributed by atoms with Crippen LogP contribution in [0.15, 0.2) is 48.8 Å². The standard InChI is InChI=1S/C16H15NO3/c1-11-2-4-12(5-3-11)14(10-15(18)19)16(20)13-6-8-17-9-7-13/h2-9,14H,10H2,1H3,(H,18,19). The number of benzene rings is 1. The van der Waals surface area contributed by atoms with E-state index in [4.69, 9.17) is 5.11 Å². The summed E-state index contributed by atoms with van der Waals surface area (Å²) >= 11 is 0. The van der Waals surface area contributed by atoms with Crippen LogP contribution in [0.3, 0.4) is 0 Å². The summed E-state index contributed by atoms with van der Waals surface area (Å²) in [5.41, 5.74) is 2.27. The Balaban J connectivity index is 2.35. The minimum Gasteiger partial charge on any atom is -0.481 e. The van der Waals surface area contributed by atoms with Crippen LogP contribution in [0.2, 0.25) is 0 Å². The molecule has 102 valence electrons. The molecule has 1 unspecified atom stereocenters. The zero-order chi connectivity index (χ0) is 14.5. The highest BCUT2D eigenvalue weighted by molar-refractivity contribution is 6.02. The van der Waals surface area contributed by atoms with Gasteiger partial charge in [0.1, 0.15) is 0 Å². The smallest absolute Gasteiger partial charge is 0.304 e. The second kappa shape index (κ2) is 6.10. The normalized spacial score (nSPS) is 11.8. The van der Waals surface area contributed by atoms with E-state index in [2.05, 4.69) is 4.98 Å². The summed E-state index contributed by atoms with van der Waals surface area (Å²) in [6.45, 7) is 1.95. The van der Waals surface area contributed by atoms with Crippen LogP contribution in [0.4, 0.5) is 0 Å². The Bertz CT molecular complexity index is 605. The van der Waals surface area contributed by atoms with Crippen molar-refractivity contribution in [2.75, 3.05) is 0 Å². The van der Waals surface area contributed by atoms with Gasteiger partial charge in [0.25, 0.3) is 0 Å². The Morgan fingerprint density at radius 3 is 2.25 bits per heavy atom. The summed E-state index contributed by atoms with van der Waals surface area (Å²) in [5.74, 6) is -1.85. The molecular weight excluding hydrogens is 254 g/mol. The van der Waals surface area contributed by atoms with Gasteiger partial charge in [0, 0.05) is 18.0 Å². The fourth-order valence-electron chi connectivity index (χ4n) is 2.05. The minimum absolute atomic E-state index is 0.196. The Labute approximate surface area is 117 Å². The number of nitrogens with zero attached hydrogens (tertiary/aromatic N) is 1. The van der Waals surface area contributed by atoms with E-state index < -0.39 is 11.9 Å². The predicted octanol–water partition coefficient (Wildman–Crippen LogP) is 2.83. The van der Waals surface area contributed by atoms with Gasteiger partial charge in [-0.15, -0.1) is 0 Å². The molecule has 4 heteroatoms. The maximum absolute atomic E-state index is 12.5. The molecule has 4 nitrogen and oxygen atoms in total. The van der Waals surface area contributed by atoms with E-state index in [1.54, 1.807) is 12.1 Å². The average Bonchev–Trinajstić information content (AvgIpc) is 2.46. The number of ketones is 1. The lowest BCUT2D eigenvalue weighted by atomic mass is 9.88. The highest BCUT2D eigenvalue weighted by Gasteiger charge is 2.24. The van der Waals surface area contributed by atoms with Crippen molar-refractivity contribution in [2.24, 2.45) is 0 Å². The summed E-state index contributed by atoms with van der Waals surface area (Å²) in [6, 6.07) is 10.6. The quantitative estimate of drug-likeness (QED) is 0.847. The molecule has 1 aromatic carbocycles.